The minimum atomic E-state index is -2.50. The van der Waals surface area contributed by atoms with Gasteiger partial charge in [-0.1, -0.05) is 12.1 Å². The summed E-state index contributed by atoms with van der Waals surface area (Å²) >= 11 is 0. The van der Waals surface area contributed by atoms with Crippen molar-refractivity contribution in [1.82, 2.24) is 15.1 Å². The molecule has 1 aromatic rings. The fraction of sp³-hybridized carbons (Fsp3) is 0.556. The van der Waals surface area contributed by atoms with E-state index in [0.717, 1.165) is 11.5 Å². The summed E-state index contributed by atoms with van der Waals surface area (Å²) in [5.41, 5.74) is 0.896. The minimum absolute atomic E-state index is 0.291. The Balaban J connectivity index is 1.84. The number of nitrogens with one attached hydrogen (secondary N) is 1. The molecule has 1 aliphatic rings. The highest BCUT2D eigenvalue weighted by molar-refractivity contribution is 5.80. The zero-order chi connectivity index (χ0) is 19.6. The predicted octanol–water partition coefficient (Wildman–Crippen LogP) is 2.18. The molecule has 1 aliphatic heterocycles. The van der Waals surface area contributed by atoms with E-state index >= 15 is 0 Å². The summed E-state index contributed by atoms with van der Waals surface area (Å²) in [5, 5.41) is 3.25. The summed E-state index contributed by atoms with van der Waals surface area (Å²) in [6.45, 7) is 4.44. The van der Waals surface area contributed by atoms with Gasteiger partial charge in [-0.2, -0.15) is 0 Å². The maximum absolute atomic E-state index is 12.3. The van der Waals surface area contributed by atoms with Crippen LogP contribution in [0.15, 0.2) is 29.3 Å². The molecule has 1 heterocycles. The summed E-state index contributed by atoms with van der Waals surface area (Å²) in [6.07, 6.45) is -2.79. The smallest absolute Gasteiger partial charge is 0.409 e. The van der Waals surface area contributed by atoms with Gasteiger partial charge in [-0.25, -0.2) is 13.6 Å². The second kappa shape index (κ2) is 10.5. The maximum atomic E-state index is 12.3. The van der Waals surface area contributed by atoms with Crippen LogP contribution < -0.4 is 10.1 Å². The van der Waals surface area contributed by atoms with Crippen LogP contribution in [0.3, 0.4) is 0 Å². The summed E-state index contributed by atoms with van der Waals surface area (Å²) in [6, 6.07) is 7.02. The molecule has 0 radical (unpaired) electrons. The molecule has 1 N–H and O–H groups in total. The number of alkyl halides is 2. The van der Waals surface area contributed by atoms with E-state index in [0.29, 0.717) is 45.1 Å². The average molecular weight is 384 g/mol. The topological polar surface area (TPSA) is 66.4 Å². The van der Waals surface area contributed by atoms with Gasteiger partial charge in [-0.3, -0.25) is 4.99 Å². The summed E-state index contributed by atoms with van der Waals surface area (Å²) < 4.78 is 34.6. The number of hydrogen-bond donors (Lipinski definition) is 1. The number of rotatable bonds is 6. The summed E-state index contributed by atoms with van der Waals surface area (Å²) in [4.78, 5) is 19.8. The highest BCUT2D eigenvalue weighted by Crippen LogP contribution is 2.14. The zero-order valence-corrected chi connectivity index (χ0v) is 15.7. The lowest BCUT2D eigenvalue weighted by atomic mass is 10.2. The van der Waals surface area contributed by atoms with Gasteiger partial charge in [0.05, 0.1) is 6.61 Å². The van der Waals surface area contributed by atoms with Gasteiger partial charge in [0.25, 0.3) is 6.43 Å². The van der Waals surface area contributed by atoms with Crippen molar-refractivity contribution in [3.63, 3.8) is 0 Å². The van der Waals surface area contributed by atoms with Crippen molar-refractivity contribution in [2.24, 2.45) is 4.99 Å². The van der Waals surface area contributed by atoms with Gasteiger partial charge < -0.3 is 24.6 Å². The quantitative estimate of drug-likeness (QED) is 0.602. The monoisotopic (exact) mass is 384 g/mol. The number of carbonyl (C=O) groups excluding carboxylic acids is 1. The lowest BCUT2D eigenvalue weighted by Gasteiger charge is -2.35. The van der Waals surface area contributed by atoms with Crippen molar-refractivity contribution >= 4 is 12.1 Å². The third-order valence-electron chi connectivity index (χ3n) is 4.04. The maximum Gasteiger partial charge on any atom is 0.409 e. The molecule has 0 unspecified atom stereocenters. The first-order valence-corrected chi connectivity index (χ1v) is 8.90. The van der Waals surface area contributed by atoms with Crippen LogP contribution in [0.5, 0.6) is 5.75 Å². The molecule has 1 saturated heterocycles. The van der Waals surface area contributed by atoms with Gasteiger partial charge in [0.15, 0.2) is 5.96 Å². The van der Waals surface area contributed by atoms with Crippen molar-refractivity contribution < 1.29 is 23.0 Å². The predicted molar refractivity (Wildman–Crippen MR) is 98.3 cm³/mol. The third kappa shape index (κ3) is 6.58. The molecule has 2 rings (SSSR count). The minimum Gasteiger partial charge on any atom is -0.488 e. The SMILES string of the molecule is CCOC(=O)N1CCN(C(=NC)NCc2cccc(OCC(F)F)c2)CC1. The Hall–Kier alpha value is -2.58. The van der Waals surface area contributed by atoms with E-state index in [-0.39, 0.29) is 6.09 Å². The Morgan fingerprint density at radius 1 is 1.26 bits per heavy atom. The number of benzene rings is 1. The van der Waals surface area contributed by atoms with E-state index in [2.05, 4.69) is 15.2 Å². The van der Waals surface area contributed by atoms with E-state index in [4.69, 9.17) is 9.47 Å². The van der Waals surface area contributed by atoms with Crippen molar-refractivity contribution in [1.29, 1.82) is 0 Å². The molecule has 150 valence electrons. The van der Waals surface area contributed by atoms with Crippen LogP contribution >= 0.6 is 0 Å². The lowest BCUT2D eigenvalue weighted by molar-refractivity contribution is 0.0818. The number of amides is 1. The summed E-state index contributed by atoms with van der Waals surface area (Å²) in [7, 11) is 1.70. The van der Waals surface area contributed by atoms with Gasteiger partial charge in [-0.15, -0.1) is 0 Å². The second-order valence-corrected chi connectivity index (χ2v) is 5.92. The first-order chi connectivity index (χ1) is 13.0. The Labute approximate surface area is 157 Å². The normalized spacial score (nSPS) is 15.1. The fourth-order valence-electron chi connectivity index (χ4n) is 2.73. The Morgan fingerprint density at radius 3 is 2.59 bits per heavy atom. The molecule has 7 nitrogen and oxygen atoms in total. The molecular formula is C18H26F2N4O3. The lowest BCUT2D eigenvalue weighted by Crippen LogP contribution is -2.53. The first-order valence-electron chi connectivity index (χ1n) is 8.90. The van der Waals surface area contributed by atoms with Gasteiger partial charge in [-0.05, 0) is 24.6 Å². The first kappa shape index (κ1) is 20.7. The highest BCUT2D eigenvalue weighted by atomic mass is 19.3. The molecule has 0 aliphatic carbocycles. The average Bonchev–Trinajstić information content (AvgIpc) is 2.68. The van der Waals surface area contributed by atoms with Gasteiger partial charge >= 0.3 is 6.09 Å². The van der Waals surface area contributed by atoms with E-state index in [1.165, 1.54) is 0 Å². The van der Waals surface area contributed by atoms with Crippen molar-refractivity contribution in [2.45, 2.75) is 19.9 Å². The van der Waals surface area contributed by atoms with Crippen LogP contribution in [-0.4, -0.2) is 74.7 Å². The van der Waals surface area contributed by atoms with Crippen LogP contribution in [0.1, 0.15) is 12.5 Å². The molecular weight excluding hydrogens is 358 g/mol. The van der Waals surface area contributed by atoms with Gasteiger partial charge in [0.2, 0.25) is 0 Å². The number of piperazine rings is 1. The standard InChI is InChI=1S/C18H26F2N4O3/c1-3-26-18(25)24-9-7-23(8-10-24)17(21-2)22-12-14-5-4-6-15(11-14)27-13-16(19)20/h4-6,11,16H,3,7-10,12-13H2,1-2H3,(H,21,22). The number of aliphatic imine (C=N–C) groups is 1. The van der Waals surface area contributed by atoms with E-state index in [1.807, 2.05) is 6.07 Å². The molecule has 1 aromatic carbocycles. The molecule has 1 amide bonds. The molecule has 0 atom stereocenters. The molecule has 0 bridgehead atoms. The van der Waals surface area contributed by atoms with Crippen LogP contribution in [0, 0.1) is 0 Å². The van der Waals surface area contributed by atoms with Crippen molar-refractivity contribution in [3.8, 4) is 5.75 Å². The Kier molecular flexibility index (Phi) is 8.09. The van der Waals surface area contributed by atoms with Crippen LogP contribution in [0.25, 0.3) is 0 Å². The molecule has 0 aromatic heterocycles. The van der Waals surface area contributed by atoms with Crippen LogP contribution in [0.4, 0.5) is 13.6 Å². The number of guanidine groups is 1. The number of carbonyl (C=O) groups is 1. The second-order valence-electron chi connectivity index (χ2n) is 5.92. The molecule has 9 heteroatoms. The summed E-state index contributed by atoms with van der Waals surface area (Å²) in [5.74, 6) is 1.13. The van der Waals surface area contributed by atoms with Crippen molar-refractivity contribution in [3.05, 3.63) is 29.8 Å². The van der Waals surface area contributed by atoms with Gasteiger partial charge in [0, 0.05) is 39.8 Å². The zero-order valence-electron chi connectivity index (χ0n) is 15.7. The fourth-order valence-corrected chi connectivity index (χ4v) is 2.73. The largest absolute Gasteiger partial charge is 0.488 e. The number of nitrogens with zero attached hydrogens (tertiary/aromatic N) is 3. The molecule has 0 spiro atoms. The van der Waals surface area contributed by atoms with Crippen molar-refractivity contribution in [2.75, 3.05) is 46.4 Å². The van der Waals surface area contributed by atoms with E-state index in [9.17, 15) is 13.6 Å². The van der Waals surface area contributed by atoms with Crippen LogP contribution in [0.2, 0.25) is 0 Å². The number of halogens is 2. The number of hydrogen-bond acceptors (Lipinski definition) is 4. The third-order valence-corrected chi connectivity index (χ3v) is 4.04. The van der Waals surface area contributed by atoms with Crippen LogP contribution in [-0.2, 0) is 11.3 Å². The molecule has 27 heavy (non-hydrogen) atoms. The highest BCUT2D eigenvalue weighted by Gasteiger charge is 2.23. The van der Waals surface area contributed by atoms with E-state index in [1.54, 1.807) is 37.1 Å². The Morgan fingerprint density at radius 2 is 1.96 bits per heavy atom. The molecule has 0 saturated carbocycles. The number of ether oxygens (including phenoxy) is 2. The Bertz CT molecular complexity index is 635. The molecule has 1 fully saturated rings. The van der Waals surface area contributed by atoms with E-state index < -0.39 is 13.0 Å². The van der Waals surface area contributed by atoms with Gasteiger partial charge in [0.1, 0.15) is 12.4 Å².